The summed E-state index contributed by atoms with van der Waals surface area (Å²) >= 11 is 1.36. The van der Waals surface area contributed by atoms with Gasteiger partial charge in [-0.05, 0) is 26.7 Å². The monoisotopic (exact) mass is 281 g/mol. The van der Waals surface area contributed by atoms with Crippen LogP contribution in [-0.4, -0.2) is 21.1 Å². The summed E-state index contributed by atoms with van der Waals surface area (Å²) in [5.41, 5.74) is 0. The number of hydrogen-bond donors (Lipinski definition) is 0. The molecule has 102 valence electrons. The summed E-state index contributed by atoms with van der Waals surface area (Å²) in [6, 6.07) is 0. The van der Waals surface area contributed by atoms with Crippen LogP contribution in [0.5, 0.6) is 0 Å². The molecule has 0 aliphatic rings. The van der Waals surface area contributed by atoms with Gasteiger partial charge in [0.05, 0.1) is 11.2 Å². The molecule has 0 aliphatic carbocycles. The van der Waals surface area contributed by atoms with Crippen LogP contribution in [0.4, 0.5) is 0 Å². The third-order valence-electron chi connectivity index (χ3n) is 2.39. The van der Waals surface area contributed by atoms with E-state index in [0.29, 0.717) is 16.6 Å². The zero-order valence-electron chi connectivity index (χ0n) is 11.0. The number of thiazole rings is 1. The van der Waals surface area contributed by atoms with Crippen LogP contribution in [-0.2, 0) is 11.2 Å². The Balaban J connectivity index is 1.99. The second kappa shape index (κ2) is 5.92. The zero-order chi connectivity index (χ0) is 13.8. The van der Waals surface area contributed by atoms with Crippen molar-refractivity contribution in [1.82, 2.24) is 15.1 Å². The molecule has 0 saturated heterocycles. The standard InChI is InChI=1S/C12H15N3O3S/c1-4-5-10-13-6-9(19-10)12(16)17-7(2)11-14-8(3)15-18-11/h6-7H,4-5H2,1-3H3. The van der Waals surface area contributed by atoms with Crippen molar-refractivity contribution in [3.63, 3.8) is 0 Å². The Kier molecular flexibility index (Phi) is 4.26. The summed E-state index contributed by atoms with van der Waals surface area (Å²) in [4.78, 5) is 20.6. The minimum Gasteiger partial charge on any atom is -0.448 e. The highest BCUT2D eigenvalue weighted by molar-refractivity contribution is 7.13. The lowest BCUT2D eigenvalue weighted by atomic mass is 10.4. The minimum absolute atomic E-state index is 0.296. The van der Waals surface area contributed by atoms with Crippen molar-refractivity contribution < 1.29 is 14.1 Å². The van der Waals surface area contributed by atoms with E-state index in [4.69, 9.17) is 9.26 Å². The fourth-order valence-corrected chi connectivity index (χ4v) is 2.38. The SMILES string of the molecule is CCCc1ncc(C(=O)OC(C)c2nc(C)no2)s1. The number of carbonyl (C=O) groups excluding carboxylic acids is 1. The maximum Gasteiger partial charge on any atom is 0.350 e. The Bertz CT molecular complexity index is 564. The Morgan fingerprint density at radius 3 is 3.00 bits per heavy atom. The molecule has 0 saturated carbocycles. The number of esters is 1. The van der Waals surface area contributed by atoms with Crippen molar-refractivity contribution in [3.8, 4) is 0 Å². The van der Waals surface area contributed by atoms with Crippen LogP contribution in [0.2, 0.25) is 0 Å². The molecule has 0 fully saturated rings. The Hall–Kier alpha value is -1.76. The summed E-state index contributed by atoms with van der Waals surface area (Å²) in [5.74, 6) is 0.397. The molecule has 0 spiro atoms. The van der Waals surface area contributed by atoms with Crippen LogP contribution < -0.4 is 0 Å². The van der Waals surface area contributed by atoms with Gasteiger partial charge in [0.15, 0.2) is 11.9 Å². The number of aryl methyl sites for hydroxylation is 2. The van der Waals surface area contributed by atoms with E-state index >= 15 is 0 Å². The Labute approximate surface area is 114 Å². The van der Waals surface area contributed by atoms with Gasteiger partial charge in [0, 0.05) is 0 Å². The first kappa shape index (κ1) is 13.7. The summed E-state index contributed by atoms with van der Waals surface area (Å²) in [5, 5.41) is 4.60. The van der Waals surface area contributed by atoms with Gasteiger partial charge in [0.1, 0.15) is 4.88 Å². The second-order valence-electron chi connectivity index (χ2n) is 4.10. The lowest BCUT2D eigenvalue weighted by molar-refractivity contribution is 0.0271. The molecular formula is C12H15N3O3S. The summed E-state index contributed by atoms with van der Waals surface area (Å²) in [6.45, 7) is 5.47. The Morgan fingerprint density at radius 2 is 2.37 bits per heavy atom. The van der Waals surface area contributed by atoms with E-state index < -0.39 is 12.1 Å². The number of nitrogens with zero attached hydrogens (tertiary/aromatic N) is 3. The van der Waals surface area contributed by atoms with Gasteiger partial charge < -0.3 is 9.26 Å². The van der Waals surface area contributed by atoms with Crippen molar-refractivity contribution in [1.29, 1.82) is 0 Å². The lowest BCUT2D eigenvalue weighted by Gasteiger charge is -2.07. The summed E-state index contributed by atoms with van der Waals surface area (Å²) in [6.07, 6.45) is 2.85. The van der Waals surface area contributed by atoms with Crippen molar-refractivity contribution in [2.24, 2.45) is 0 Å². The van der Waals surface area contributed by atoms with Gasteiger partial charge in [0.25, 0.3) is 5.89 Å². The largest absolute Gasteiger partial charge is 0.448 e. The van der Waals surface area contributed by atoms with Crippen molar-refractivity contribution in [3.05, 3.63) is 27.8 Å². The van der Waals surface area contributed by atoms with Crippen LogP contribution in [0.25, 0.3) is 0 Å². The van der Waals surface area contributed by atoms with Crippen molar-refractivity contribution in [2.45, 2.75) is 39.7 Å². The number of rotatable bonds is 5. The third-order valence-corrected chi connectivity index (χ3v) is 3.43. The van der Waals surface area contributed by atoms with E-state index in [2.05, 4.69) is 22.0 Å². The topological polar surface area (TPSA) is 78.1 Å². The van der Waals surface area contributed by atoms with Crippen LogP contribution in [0, 0.1) is 6.92 Å². The van der Waals surface area contributed by atoms with E-state index in [0.717, 1.165) is 17.8 Å². The highest BCUT2D eigenvalue weighted by atomic mass is 32.1. The van der Waals surface area contributed by atoms with E-state index in [1.807, 2.05) is 0 Å². The fraction of sp³-hybridized carbons (Fsp3) is 0.500. The Morgan fingerprint density at radius 1 is 1.58 bits per heavy atom. The molecule has 0 bridgehead atoms. The molecule has 2 aromatic heterocycles. The quantitative estimate of drug-likeness (QED) is 0.784. The molecule has 2 heterocycles. The molecule has 0 aromatic carbocycles. The molecule has 7 heteroatoms. The van der Waals surface area contributed by atoms with Crippen LogP contribution in [0.15, 0.2) is 10.7 Å². The van der Waals surface area contributed by atoms with Crippen LogP contribution in [0.1, 0.15) is 52.8 Å². The molecule has 0 N–H and O–H groups in total. The predicted molar refractivity (Wildman–Crippen MR) is 69.0 cm³/mol. The number of carbonyl (C=O) groups is 1. The number of hydrogen-bond acceptors (Lipinski definition) is 7. The van der Waals surface area contributed by atoms with Gasteiger partial charge in [-0.15, -0.1) is 11.3 Å². The first-order chi connectivity index (χ1) is 9.10. The molecule has 2 aromatic rings. The van der Waals surface area contributed by atoms with Gasteiger partial charge >= 0.3 is 5.97 Å². The molecule has 2 rings (SSSR count). The number of aromatic nitrogens is 3. The summed E-state index contributed by atoms with van der Waals surface area (Å²) < 4.78 is 10.2. The molecular weight excluding hydrogens is 266 g/mol. The summed E-state index contributed by atoms with van der Waals surface area (Å²) in [7, 11) is 0. The third kappa shape index (κ3) is 3.37. The highest BCUT2D eigenvalue weighted by Crippen LogP contribution is 2.20. The van der Waals surface area contributed by atoms with Crippen LogP contribution in [0.3, 0.4) is 0 Å². The van der Waals surface area contributed by atoms with Gasteiger partial charge in [-0.2, -0.15) is 4.98 Å². The maximum absolute atomic E-state index is 11.9. The van der Waals surface area contributed by atoms with E-state index in [-0.39, 0.29) is 0 Å². The van der Waals surface area contributed by atoms with E-state index in [1.165, 1.54) is 11.3 Å². The molecule has 0 radical (unpaired) electrons. The number of ether oxygens (including phenoxy) is 1. The van der Waals surface area contributed by atoms with Crippen LogP contribution >= 0.6 is 11.3 Å². The maximum atomic E-state index is 11.9. The van der Waals surface area contributed by atoms with Crippen molar-refractivity contribution >= 4 is 17.3 Å². The fourth-order valence-electron chi connectivity index (χ4n) is 1.48. The molecule has 19 heavy (non-hydrogen) atoms. The molecule has 1 unspecified atom stereocenters. The van der Waals surface area contributed by atoms with E-state index in [1.54, 1.807) is 20.0 Å². The van der Waals surface area contributed by atoms with Gasteiger partial charge in [-0.1, -0.05) is 12.1 Å². The van der Waals surface area contributed by atoms with Gasteiger partial charge in [0.2, 0.25) is 0 Å². The normalized spacial score (nSPS) is 12.4. The van der Waals surface area contributed by atoms with Gasteiger partial charge in [-0.3, -0.25) is 0 Å². The predicted octanol–water partition coefficient (Wildman–Crippen LogP) is 2.71. The molecule has 6 nitrogen and oxygen atoms in total. The molecule has 1 atom stereocenters. The second-order valence-corrected chi connectivity index (χ2v) is 5.21. The smallest absolute Gasteiger partial charge is 0.350 e. The van der Waals surface area contributed by atoms with E-state index in [9.17, 15) is 4.79 Å². The zero-order valence-corrected chi connectivity index (χ0v) is 11.9. The first-order valence-corrected chi connectivity index (χ1v) is 6.87. The molecule has 0 amide bonds. The van der Waals surface area contributed by atoms with Crippen molar-refractivity contribution in [2.75, 3.05) is 0 Å². The van der Waals surface area contributed by atoms with Gasteiger partial charge in [-0.25, -0.2) is 9.78 Å². The molecule has 0 aliphatic heterocycles. The average molecular weight is 281 g/mol. The highest BCUT2D eigenvalue weighted by Gasteiger charge is 2.20. The first-order valence-electron chi connectivity index (χ1n) is 6.06. The lowest BCUT2D eigenvalue weighted by Crippen LogP contribution is -2.08. The minimum atomic E-state index is -0.564. The average Bonchev–Trinajstić information content (AvgIpc) is 2.98.